The van der Waals surface area contributed by atoms with Gasteiger partial charge in [0.1, 0.15) is 5.76 Å². The van der Waals surface area contributed by atoms with Crippen LogP contribution in [0.15, 0.2) is 34.5 Å². The van der Waals surface area contributed by atoms with Gasteiger partial charge in [0.25, 0.3) is 0 Å². The van der Waals surface area contributed by atoms with Gasteiger partial charge in [-0.15, -0.1) is 0 Å². The van der Waals surface area contributed by atoms with Gasteiger partial charge in [-0.05, 0) is 58.3 Å². The van der Waals surface area contributed by atoms with Crippen LogP contribution >= 0.6 is 0 Å². The monoisotopic (exact) mass is 333 g/mol. The zero-order chi connectivity index (χ0) is 17.4. The number of hydrogen-bond donors (Lipinski definition) is 2. The Hall–Kier alpha value is -2.08. The highest BCUT2D eigenvalue weighted by Gasteiger charge is 2.20. The fourth-order valence-corrected chi connectivity index (χ4v) is 2.84. The lowest BCUT2D eigenvalue weighted by atomic mass is 9.97. The Bertz CT molecular complexity index is 564. The van der Waals surface area contributed by atoms with E-state index in [1.54, 1.807) is 12.3 Å². The van der Waals surface area contributed by atoms with E-state index in [-0.39, 0.29) is 6.04 Å². The lowest BCUT2D eigenvalue weighted by Gasteiger charge is -2.22. The number of rotatable bonds is 7. The van der Waals surface area contributed by atoms with Crippen molar-refractivity contribution in [2.24, 2.45) is 0 Å². The third-order valence-corrected chi connectivity index (χ3v) is 4.27. The third-order valence-electron chi connectivity index (χ3n) is 4.27. The van der Waals surface area contributed by atoms with Crippen LogP contribution in [0.5, 0.6) is 0 Å². The molecule has 0 spiro atoms. The number of furan rings is 1. The molecule has 1 aromatic rings. The fourth-order valence-electron chi connectivity index (χ4n) is 2.84. The minimum atomic E-state index is -0.606. The first-order valence-corrected chi connectivity index (χ1v) is 8.51. The molecule has 132 valence electrons. The maximum absolute atomic E-state index is 11.9. The SMILES string of the molecule is CN(C)C(CNC(=O)C(=O)NCCC1=CCCCC1)c1ccco1. The number of carbonyl (C=O) groups is 2. The van der Waals surface area contributed by atoms with Gasteiger partial charge in [0.15, 0.2) is 0 Å². The lowest BCUT2D eigenvalue weighted by molar-refractivity contribution is -0.139. The summed E-state index contributed by atoms with van der Waals surface area (Å²) in [4.78, 5) is 25.7. The van der Waals surface area contributed by atoms with Crippen LogP contribution in [0.3, 0.4) is 0 Å². The Morgan fingerprint density at radius 1 is 1.25 bits per heavy atom. The summed E-state index contributed by atoms with van der Waals surface area (Å²) in [6, 6.07) is 3.55. The molecule has 1 heterocycles. The van der Waals surface area contributed by atoms with E-state index in [1.165, 1.54) is 18.4 Å². The van der Waals surface area contributed by atoms with Crippen molar-refractivity contribution in [2.75, 3.05) is 27.2 Å². The van der Waals surface area contributed by atoms with E-state index in [1.807, 2.05) is 25.1 Å². The van der Waals surface area contributed by atoms with E-state index in [9.17, 15) is 9.59 Å². The standard InChI is InChI=1S/C18H27N3O3/c1-21(2)15(16-9-6-12-24-16)13-20-18(23)17(22)19-11-10-14-7-4-3-5-8-14/h6-7,9,12,15H,3-5,8,10-11,13H2,1-2H3,(H,19,22)(H,20,23). The van der Waals surface area contributed by atoms with E-state index in [2.05, 4.69) is 16.7 Å². The molecule has 6 heteroatoms. The Balaban J connectivity index is 1.72. The summed E-state index contributed by atoms with van der Waals surface area (Å²) in [6.07, 6.45) is 9.38. The van der Waals surface area contributed by atoms with Gasteiger partial charge in [-0.1, -0.05) is 11.6 Å². The average Bonchev–Trinajstić information content (AvgIpc) is 3.09. The fraction of sp³-hybridized carbons (Fsp3) is 0.556. The summed E-state index contributed by atoms with van der Waals surface area (Å²) < 4.78 is 5.38. The molecular formula is C18H27N3O3. The van der Waals surface area contributed by atoms with Crippen molar-refractivity contribution in [3.8, 4) is 0 Å². The predicted molar refractivity (Wildman–Crippen MR) is 92.3 cm³/mol. The van der Waals surface area contributed by atoms with Crippen molar-refractivity contribution in [3.05, 3.63) is 35.8 Å². The van der Waals surface area contributed by atoms with Gasteiger partial charge < -0.3 is 15.1 Å². The molecule has 1 aliphatic rings. The van der Waals surface area contributed by atoms with Crippen LogP contribution in [0, 0.1) is 0 Å². The number of carbonyl (C=O) groups excluding carboxylic acids is 2. The van der Waals surface area contributed by atoms with Gasteiger partial charge in [0, 0.05) is 13.1 Å². The molecule has 2 rings (SSSR count). The van der Waals surface area contributed by atoms with Gasteiger partial charge in [-0.25, -0.2) is 0 Å². The first kappa shape index (κ1) is 18.3. The van der Waals surface area contributed by atoms with Crippen molar-refractivity contribution < 1.29 is 14.0 Å². The first-order valence-electron chi connectivity index (χ1n) is 8.51. The molecule has 2 amide bonds. The number of amides is 2. The van der Waals surface area contributed by atoms with Gasteiger partial charge in [0.05, 0.1) is 12.3 Å². The molecule has 0 bridgehead atoms. The molecule has 6 nitrogen and oxygen atoms in total. The molecule has 0 aliphatic heterocycles. The minimum absolute atomic E-state index is 0.107. The summed E-state index contributed by atoms with van der Waals surface area (Å²) in [7, 11) is 3.80. The third kappa shape index (κ3) is 5.53. The first-order chi connectivity index (χ1) is 11.6. The topological polar surface area (TPSA) is 74.6 Å². The number of hydrogen-bond acceptors (Lipinski definition) is 4. The molecule has 1 aliphatic carbocycles. The Kier molecular flexibility index (Phi) is 7.06. The number of likely N-dealkylation sites (N-methyl/N-ethyl adjacent to an activating group) is 1. The summed E-state index contributed by atoms with van der Waals surface area (Å²) in [5, 5.41) is 5.36. The molecule has 2 N–H and O–H groups in total. The summed E-state index contributed by atoms with van der Waals surface area (Å²) in [5.74, 6) is -0.431. The highest BCUT2D eigenvalue weighted by atomic mass is 16.3. The summed E-state index contributed by atoms with van der Waals surface area (Å²) in [6.45, 7) is 0.825. The van der Waals surface area contributed by atoms with Crippen LogP contribution in [-0.2, 0) is 9.59 Å². The maximum atomic E-state index is 11.9. The largest absolute Gasteiger partial charge is 0.468 e. The average molecular weight is 333 g/mol. The Morgan fingerprint density at radius 3 is 2.67 bits per heavy atom. The lowest BCUT2D eigenvalue weighted by Crippen LogP contribution is -2.43. The molecular weight excluding hydrogens is 306 g/mol. The Labute approximate surface area is 143 Å². The van der Waals surface area contributed by atoms with E-state index in [0.717, 1.165) is 25.0 Å². The number of nitrogens with one attached hydrogen (secondary N) is 2. The zero-order valence-electron chi connectivity index (χ0n) is 14.5. The van der Waals surface area contributed by atoms with Crippen LogP contribution in [0.1, 0.15) is 43.9 Å². The molecule has 24 heavy (non-hydrogen) atoms. The van der Waals surface area contributed by atoms with Crippen LogP contribution < -0.4 is 10.6 Å². The number of allylic oxidation sites excluding steroid dienone is 1. The Morgan fingerprint density at radius 2 is 2.04 bits per heavy atom. The minimum Gasteiger partial charge on any atom is -0.468 e. The predicted octanol–water partition coefficient (Wildman–Crippen LogP) is 2.01. The van der Waals surface area contributed by atoms with E-state index >= 15 is 0 Å². The van der Waals surface area contributed by atoms with Crippen molar-refractivity contribution in [2.45, 2.75) is 38.1 Å². The van der Waals surface area contributed by atoms with Crippen LogP contribution in [0.4, 0.5) is 0 Å². The second-order valence-corrected chi connectivity index (χ2v) is 6.32. The number of nitrogens with zero attached hydrogens (tertiary/aromatic N) is 1. The van der Waals surface area contributed by atoms with Gasteiger partial charge in [-0.3, -0.25) is 14.5 Å². The smallest absolute Gasteiger partial charge is 0.309 e. The summed E-state index contributed by atoms with van der Waals surface area (Å²) >= 11 is 0. The molecule has 1 aromatic heterocycles. The van der Waals surface area contributed by atoms with Crippen molar-refractivity contribution in [1.29, 1.82) is 0 Å². The quantitative estimate of drug-likeness (QED) is 0.591. The van der Waals surface area contributed by atoms with Crippen molar-refractivity contribution in [3.63, 3.8) is 0 Å². The zero-order valence-corrected chi connectivity index (χ0v) is 14.5. The highest BCUT2D eigenvalue weighted by molar-refractivity contribution is 6.35. The molecule has 1 atom stereocenters. The van der Waals surface area contributed by atoms with E-state index in [0.29, 0.717) is 13.1 Å². The van der Waals surface area contributed by atoms with Gasteiger partial charge in [-0.2, -0.15) is 0 Å². The second kappa shape index (κ2) is 9.27. The molecule has 0 fully saturated rings. The summed E-state index contributed by atoms with van der Waals surface area (Å²) in [5.41, 5.74) is 1.38. The normalized spacial score (nSPS) is 15.7. The van der Waals surface area contributed by atoms with Gasteiger partial charge >= 0.3 is 11.8 Å². The van der Waals surface area contributed by atoms with Crippen molar-refractivity contribution >= 4 is 11.8 Å². The van der Waals surface area contributed by atoms with E-state index < -0.39 is 11.8 Å². The molecule has 0 saturated carbocycles. The molecule has 0 radical (unpaired) electrons. The maximum Gasteiger partial charge on any atom is 0.309 e. The van der Waals surface area contributed by atoms with Gasteiger partial charge in [0.2, 0.25) is 0 Å². The second-order valence-electron chi connectivity index (χ2n) is 6.32. The van der Waals surface area contributed by atoms with Crippen molar-refractivity contribution in [1.82, 2.24) is 15.5 Å². The van der Waals surface area contributed by atoms with Crippen LogP contribution in [0.2, 0.25) is 0 Å². The highest BCUT2D eigenvalue weighted by Crippen LogP contribution is 2.19. The molecule has 1 unspecified atom stereocenters. The van der Waals surface area contributed by atoms with E-state index in [4.69, 9.17) is 4.42 Å². The van der Waals surface area contributed by atoms with Crippen LogP contribution in [-0.4, -0.2) is 43.9 Å². The van der Waals surface area contributed by atoms with Crippen LogP contribution in [0.25, 0.3) is 0 Å². The molecule has 0 saturated heterocycles. The molecule has 0 aromatic carbocycles.